The minimum Gasteiger partial charge on any atom is -0.478 e. The molecule has 0 saturated heterocycles. The molecule has 0 aromatic carbocycles. The van der Waals surface area contributed by atoms with Gasteiger partial charge in [0.15, 0.2) is 5.82 Å². The van der Waals surface area contributed by atoms with E-state index in [2.05, 4.69) is 15.1 Å². The third-order valence-corrected chi connectivity index (χ3v) is 3.74. The molecule has 1 saturated carbocycles. The monoisotopic (exact) mass is 284 g/mol. The van der Waals surface area contributed by atoms with Crippen LogP contribution in [0.1, 0.15) is 31.2 Å². The normalized spacial score (nSPS) is 16.3. The molecule has 1 N–H and O–H groups in total. The molecule has 6 nitrogen and oxygen atoms in total. The molecule has 6 heteroatoms. The van der Waals surface area contributed by atoms with Crippen LogP contribution < -0.4 is 0 Å². The first-order valence-corrected chi connectivity index (χ1v) is 7.00. The van der Waals surface area contributed by atoms with Crippen molar-refractivity contribution in [2.24, 2.45) is 5.92 Å². The number of aliphatic carboxylic acids is 1. The fourth-order valence-electron chi connectivity index (χ4n) is 2.66. The standard InChI is InChI=1S/C15H16N4O2/c20-15(21)13(7-11-3-1-2-4-11)12-5-6-14(17-8-12)19-10-16-9-18-19/h5-11H,1-4H2,(H,20,21)/b13-7+. The number of hydrogen-bond acceptors (Lipinski definition) is 4. The zero-order valence-corrected chi connectivity index (χ0v) is 11.5. The van der Waals surface area contributed by atoms with Crippen molar-refractivity contribution >= 4 is 11.5 Å². The molecule has 3 rings (SSSR count). The van der Waals surface area contributed by atoms with Crippen LogP contribution in [0.2, 0.25) is 0 Å². The van der Waals surface area contributed by atoms with Crippen molar-refractivity contribution in [3.8, 4) is 5.82 Å². The van der Waals surface area contributed by atoms with Gasteiger partial charge in [-0.15, -0.1) is 0 Å². The second-order valence-electron chi connectivity index (χ2n) is 5.18. The van der Waals surface area contributed by atoms with Gasteiger partial charge in [-0.25, -0.2) is 19.4 Å². The van der Waals surface area contributed by atoms with Crippen LogP contribution in [0.3, 0.4) is 0 Å². The van der Waals surface area contributed by atoms with E-state index in [1.165, 1.54) is 23.9 Å². The lowest BCUT2D eigenvalue weighted by molar-refractivity contribution is -0.130. The predicted molar refractivity (Wildman–Crippen MR) is 76.7 cm³/mol. The van der Waals surface area contributed by atoms with Crippen LogP contribution in [-0.4, -0.2) is 30.8 Å². The van der Waals surface area contributed by atoms with Crippen LogP contribution >= 0.6 is 0 Å². The van der Waals surface area contributed by atoms with E-state index < -0.39 is 5.97 Å². The van der Waals surface area contributed by atoms with E-state index in [4.69, 9.17) is 0 Å². The summed E-state index contributed by atoms with van der Waals surface area (Å²) in [4.78, 5) is 19.6. The molecule has 2 aromatic heterocycles. The molecular weight excluding hydrogens is 268 g/mol. The molecule has 2 aromatic rings. The lowest BCUT2D eigenvalue weighted by Crippen LogP contribution is -2.04. The maximum atomic E-state index is 11.5. The fourth-order valence-corrected chi connectivity index (χ4v) is 2.66. The number of nitrogens with zero attached hydrogens (tertiary/aromatic N) is 4. The first kappa shape index (κ1) is 13.5. The van der Waals surface area contributed by atoms with Gasteiger partial charge in [-0.2, -0.15) is 5.10 Å². The smallest absolute Gasteiger partial charge is 0.336 e. The lowest BCUT2D eigenvalue weighted by Gasteiger charge is -2.07. The van der Waals surface area contributed by atoms with E-state index >= 15 is 0 Å². The minimum atomic E-state index is -0.905. The molecule has 1 fully saturated rings. The van der Waals surface area contributed by atoms with Gasteiger partial charge >= 0.3 is 5.97 Å². The van der Waals surface area contributed by atoms with E-state index in [1.807, 2.05) is 6.08 Å². The average Bonchev–Trinajstić information content (AvgIpc) is 3.18. The second kappa shape index (κ2) is 5.87. The highest BCUT2D eigenvalue weighted by molar-refractivity contribution is 6.15. The number of aromatic nitrogens is 4. The average molecular weight is 284 g/mol. The van der Waals surface area contributed by atoms with Crippen molar-refractivity contribution in [1.82, 2.24) is 19.7 Å². The van der Waals surface area contributed by atoms with Crippen molar-refractivity contribution in [3.63, 3.8) is 0 Å². The Morgan fingerprint density at radius 2 is 2.14 bits per heavy atom. The van der Waals surface area contributed by atoms with Gasteiger partial charge in [0.1, 0.15) is 12.7 Å². The van der Waals surface area contributed by atoms with Crippen molar-refractivity contribution in [2.75, 3.05) is 0 Å². The Balaban J connectivity index is 1.88. The van der Waals surface area contributed by atoms with Gasteiger partial charge in [-0.1, -0.05) is 18.9 Å². The molecule has 0 spiro atoms. The van der Waals surface area contributed by atoms with Crippen LogP contribution in [0.5, 0.6) is 0 Å². The minimum absolute atomic E-state index is 0.333. The molecule has 108 valence electrons. The molecular formula is C15H16N4O2. The summed E-state index contributed by atoms with van der Waals surface area (Å²) in [6.07, 6.45) is 10.9. The second-order valence-corrected chi connectivity index (χ2v) is 5.18. The molecule has 0 bridgehead atoms. The molecule has 0 atom stereocenters. The van der Waals surface area contributed by atoms with Crippen LogP contribution in [0.4, 0.5) is 0 Å². The van der Waals surface area contributed by atoms with E-state index in [-0.39, 0.29) is 0 Å². The summed E-state index contributed by atoms with van der Waals surface area (Å²) >= 11 is 0. The van der Waals surface area contributed by atoms with Gasteiger partial charge < -0.3 is 5.11 Å². The van der Waals surface area contributed by atoms with Crippen molar-refractivity contribution in [1.29, 1.82) is 0 Å². The molecule has 21 heavy (non-hydrogen) atoms. The summed E-state index contributed by atoms with van der Waals surface area (Å²) in [5.41, 5.74) is 0.956. The van der Waals surface area contributed by atoms with E-state index in [0.717, 1.165) is 12.8 Å². The van der Waals surface area contributed by atoms with Gasteiger partial charge in [0.2, 0.25) is 0 Å². The molecule has 2 heterocycles. The fraction of sp³-hybridized carbons (Fsp3) is 0.333. The Bertz CT molecular complexity index is 641. The zero-order valence-electron chi connectivity index (χ0n) is 11.5. The number of rotatable bonds is 4. The maximum Gasteiger partial charge on any atom is 0.336 e. The van der Waals surface area contributed by atoms with Gasteiger partial charge in [0.25, 0.3) is 0 Å². The van der Waals surface area contributed by atoms with Gasteiger partial charge in [0, 0.05) is 11.8 Å². The zero-order chi connectivity index (χ0) is 14.7. The Hall–Kier alpha value is -2.50. The van der Waals surface area contributed by atoms with Crippen LogP contribution in [0.15, 0.2) is 37.1 Å². The number of hydrogen-bond donors (Lipinski definition) is 1. The molecule has 0 radical (unpaired) electrons. The third kappa shape index (κ3) is 2.99. The Morgan fingerprint density at radius 1 is 1.33 bits per heavy atom. The third-order valence-electron chi connectivity index (χ3n) is 3.74. The molecule has 1 aliphatic rings. The number of allylic oxidation sites excluding steroid dienone is 1. The Morgan fingerprint density at radius 3 is 2.71 bits per heavy atom. The summed E-state index contributed by atoms with van der Waals surface area (Å²) in [5.74, 6) is 0.0742. The summed E-state index contributed by atoms with van der Waals surface area (Å²) in [6.45, 7) is 0. The highest BCUT2D eigenvalue weighted by Crippen LogP contribution is 2.29. The lowest BCUT2D eigenvalue weighted by atomic mass is 10.00. The highest BCUT2D eigenvalue weighted by Gasteiger charge is 2.18. The van der Waals surface area contributed by atoms with Crippen molar-refractivity contribution < 1.29 is 9.90 Å². The maximum absolute atomic E-state index is 11.5. The largest absolute Gasteiger partial charge is 0.478 e. The molecule has 1 aliphatic carbocycles. The SMILES string of the molecule is O=C(O)/C(=C/C1CCCC1)c1ccc(-n2cncn2)nc1. The van der Waals surface area contributed by atoms with E-state index in [1.54, 1.807) is 24.7 Å². The van der Waals surface area contributed by atoms with E-state index in [9.17, 15) is 9.90 Å². The Kier molecular flexibility index (Phi) is 3.77. The molecule has 0 unspecified atom stereocenters. The topological polar surface area (TPSA) is 80.9 Å². The van der Waals surface area contributed by atoms with Crippen molar-refractivity contribution in [3.05, 3.63) is 42.6 Å². The summed E-state index contributed by atoms with van der Waals surface area (Å²) in [6, 6.07) is 3.51. The number of carboxylic acid groups (broad SMARTS) is 1. The van der Waals surface area contributed by atoms with Gasteiger partial charge in [-0.3, -0.25) is 0 Å². The number of carboxylic acids is 1. The Labute approximate surface area is 122 Å². The van der Waals surface area contributed by atoms with Crippen LogP contribution in [0, 0.1) is 5.92 Å². The first-order valence-electron chi connectivity index (χ1n) is 7.00. The highest BCUT2D eigenvalue weighted by atomic mass is 16.4. The summed E-state index contributed by atoms with van der Waals surface area (Å²) < 4.78 is 1.53. The first-order chi connectivity index (χ1) is 10.2. The summed E-state index contributed by atoms with van der Waals surface area (Å²) in [5, 5.41) is 13.4. The molecule has 0 aliphatic heterocycles. The van der Waals surface area contributed by atoms with E-state index in [0.29, 0.717) is 22.9 Å². The van der Waals surface area contributed by atoms with Crippen LogP contribution in [0.25, 0.3) is 11.4 Å². The summed E-state index contributed by atoms with van der Waals surface area (Å²) in [7, 11) is 0. The quantitative estimate of drug-likeness (QED) is 0.871. The van der Waals surface area contributed by atoms with Gasteiger partial charge in [0.05, 0.1) is 5.57 Å². The number of carbonyl (C=O) groups is 1. The van der Waals surface area contributed by atoms with Crippen LogP contribution in [-0.2, 0) is 4.79 Å². The van der Waals surface area contributed by atoms with Crippen molar-refractivity contribution in [2.45, 2.75) is 25.7 Å². The van der Waals surface area contributed by atoms with Gasteiger partial charge in [-0.05, 0) is 30.9 Å². The number of pyridine rings is 1. The predicted octanol–water partition coefficient (Wildman–Crippen LogP) is 2.32. The molecule has 0 amide bonds.